The van der Waals surface area contributed by atoms with Crippen LogP contribution in [0, 0.1) is 6.92 Å². The number of hydrogen-bond acceptors (Lipinski definition) is 2. The van der Waals surface area contributed by atoms with E-state index < -0.39 is 5.91 Å². The van der Waals surface area contributed by atoms with Crippen LogP contribution in [-0.4, -0.2) is 10.9 Å². The Morgan fingerprint density at radius 3 is 2.86 bits per heavy atom. The quantitative estimate of drug-likeness (QED) is 0.736. The topological polar surface area (TPSA) is 56.0 Å². The fourth-order valence-corrected chi connectivity index (χ4v) is 1.58. The van der Waals surface area contributed by atoms with Crippen LogP contribution in [0.3, 0.4) is 0 Å². The third-order valence-corrected chi connectivity index (χ3v) is 2.24. The minimum atomic E-state index is -0.410. The first-order valence-corrected chi connectivity index (χ1v) is 4.34. The SMILES string of the molecule is Cc1ccnc2cccc(C(N)=O)c12. The van der Waals surface area contributed by atoms with Crippen LogP contribution in [0.4, 0.5) is 0 Å². The van der Waals surface area contributed by atoms with E-state index in [9.17, 15) is 4.79 Å². The molecule has 1 aromatic heterocycles. The van der Waals surface area contributed by atoms with Gasteiger partial charge in [0.15, 0.2) is 0 Å². The number of pyridine rings is 1. The number of primary amides is 1. The summed E-state index contributed by atoms with van der Waals surface area (Å²) in [6.07, 6.45) is 1.72. The highest BCUT2D eigenvalue weighted by Crippen LogP contribution is 2.19. The van der Waals surface area contributed by atoms with E-state index in [1.807, 2.05) is 19.1 Å². The number of amides is 1. The average Bonchev–Trinajstić information content (AvgIpc) is 2.17. The molecule has 0 fully saturated rings. The van der Waals surface area contributed by atoms with Gasteiger partial charge in [0, 0.05) is 17.1 Å². The van der Waals surface area contributed by atoms with Crippen molar-refractivity contribution in [1.82, 2.24) is 4.98 Å². The van der Waals surface area contributed by atoms with Gasteiger partial charge in [0.25, 0.3) is 0 Å². The van der Waals surface area contributed by atoms with Gasteiger partial charge in [0.1, 0.15) is 0 Å². The summed E-state index contributed by atoms with van der Waals surface area (Å²) in [4.78, 5) is 15.3. The number of rotatable bonds is 1. The van der Waals surface area contributed by atoms with E-state index in [4.69, 9.17) is 5.73 Å². The molecule has 0 saturated heterocycles. The Morgan fingerprint density at radius 1 is 1.36 bits per heavy atom. The summed E-state index contributed by atoms with van der Waals surface area (Å²) in [7, 11) is 0. The number of aryl methyl sites for hydroxylation is 1. The first-order chi connectivity index (χ1) is 6.70. The molecule has 1 aromatic carbocycles. The van der Waals surface area contributed by atoms with Crippen molar-refractivity contribution in [2.45, 2.75) is 6.92 Å². The summed E-state index contributed by atoms with van der Waals surface area (Å²) in [6, 6.07) is 7.25. The minimum absolute atomic E-state index is 0.410. The molecule has 0 radical (unpaired) electrons. The molecule has 2 aromatic rings. The molecule has 0 unspecified atom stereocenters. The minimum Gasteiger partial charge on any atom is -0.366 e. The summed E-state index contributed by atoms with van der Waals surface area (Å²) in [5, 5.41) is 0.850. The smallest absolute Gasteiger partial charge is 0.249 e. The van der Waals surface area contributed by atoms with Crippen molar-refractivity contribution in [3.63, 3.8) is 0 Å². The highest BCUT2D eigenvalue weighted by atomic mass is 16.1. The van der Waals surface area contributed by atoms with E-state index in [1.54, 1.807) is 18.3 Å². The molecule has 0 atom stereocenters. The fourth-order valence-electron chi connectivity index (χ4n) is 1.58. The van der Waals surface area contributed by atoms with Gasteiger partial charge < -0.3 is 5.73 Å². The molecule has 14 heavy (non-hydrogen) atoms. The van der Waals surface area contributed by atoms with Crippen LogP contribution in [-0.2, 0) is 0 Å². The van der Waals surface area contributed by atoms with Gasteiger partial charge in [0.2, 0.25) is 5.91 Å². The Labute approximate surface area is 81.6 Å². The number of aromatic nitrogens is 1. The van der Waals surface area contributed by atoms with E-state index in [-0.39, 0.29) is 0 Å². The van der Waals surface area contributed by atoms with Crippen LogP contribution in [0.2, 0.25) is 0 Å². The molecule has 0 saturated carbocycles. The van der Waals surface area contributed by atoms with Crippen molar-refractivity contribution in [2.24, 2.45) is 5.73 Å². The van der Waals surface area contributed by atoms with E-state index in [2.05, 4.69) is 4.98 Å². The Hall–Kier alpha value is -1.90. The number of nitrogens with zero attached hydrogens (tertiary/aromatic N) is 1. The zero-order valence-electron chi connectivity index (χ0n) is 7.82. The molecular weight excluding hydrogens is 176 g/mol. The van der Waals surface area contributed by atoms with Crippen molar-refractivity contribution in [2.75, 3.05) is 0 Å². The maximum absolute atomic E-state index is 11.2. The lowest BCUT2D eigenvalue weighted by Crippen LogP contribution is -2.11. The van der Waals surface area contributed by atoms with E-state index in [0.29, 0.717) is 5.56 Å². The highest BCUT2D eigenvalue weighted by molar-refractivity contribution is 6.06. The van der Waals surface area contributed by atoms with Crippen LogP contribution in [0.1, 0.15) is 15.9 Å². The van der Waals surface area contributed by atoms with Crippen molar-refractivity contribution < 1.29 is 4.79 Å². The second-order valence-corrected chi connectivity index (χ2v) is 3.19. The molecule has 0 spiro atoms. The number of carbonyl (C=O) groups excluding carboxylic acids is 1. The third kappa shape index (κ3) is 1.23. The zero-order valence-corrected chi connectivity index (χ0v) is 7.82. The van der Waals surface area contributed by atoms with Crippen LogP contribution in [0.25, 0.3) is 10.9 Å². The largest absolute Gasteiger partial charge is 0.366 e. The number of carbonyl (C=O) groups is 1. The Kier molecular flexibility index (Phi) is 1.93. The van der Waals surface area contributed by atoms with Crippen molar-refractivity contribution in [3.05, 3.63) is 41.6 Å². The van der Waals surface area contributed by atoms with Gasteiger partial charge in [-0.2, -0.15) is 0 Å². The Morgan fingerprint density at radius 2 is 2.14 bits per heavy atom. The van der Waals surface area contributed by atoms with Crippen LogP contribution < -0.4 is 5.73 Å². The molecule has 2 N–H and O–H groups in total. The molecule has 1 amide bonds. The predicted octanol–water partition coefficient (Wildman–Crippen LogP) is 1.64. The molecule has 70 valence electrons. The van der Waals surface area contributed by atoms with Gasteiger partial charge in [-0.1, -0.05) is 6.07 Å². The lowest BCUT2D eigenvalue weighted by molar-refractivity contribution is 0.100. The van der Waals surface area contributed by atoms with Gasteiger partial charge in [-0.3, -0.25) is 9.78 Å². The van der Waals surface area contributed by atoms with Crippen LogP contribution in [0.5, 0.6) is 0 Å². The molecule has 3 nitrogen and oxygen atoms in total. The summed E-state index contributed by atoms with van der Waals surface area (Å²) in [6.45, 7) is 1.94. The Balaban J connectivity index is 2.91. The fraction of sp³-hybridized carbons (Fsp3) is 0.0909. The van der Waals surface area contributed by atoms with Gasteiger partial charge in [0.05, 0.1) is 5.52 Å². The molecule has 0 bridgehead atoms. The van der Waals surface area contributed by atoms with Crippen LogP contribution >= 0.6 is 0 Å². The summed E-state index contributed by atoms with van der Waals surface area (Å²) >= 11 is 0. The second-order valence-electron chi connectivity index (χ2n) is 3.19. The molecule has 3 heteroatoms. The molecule has 0 aliphatic carbocycles. The monoisotopic (exact) mass is 186 g/mol. The van der Waals surface area contributed by atoms with Crippen molar-refractivity contribution in [3.8, 4) is 0 Å². The molecule has 2 rings (SSSR count). The summed E-state index contributed by atoms with van der Waals surface area (Å²) in [5.41, 5.74) is 7.64. The van der Waals surface area contributed by atoms with E-state index in [1.165, 1.54) is 0 Å². The average molecular weight is 186 g/mol. The lowest BCUT2D eigenvalue weighted by Gasteiger charge is -2.04. The summed E-state index contributed by atoms with van der Waals surface area (Å²) < 4.78 is 0. The van der Waals surface area contributed by atoms with Crippen LogP contribution in [0.15, 0.2) is 30.5 Å². The zero-order chi connectivity index (χ0) is 10.1. The van der Waals surface area contributed by atoms with Gasteiger partial charge in [-0.15, -0.1) is 0 Å². The van der Waals surface area contributed by atoms with Crippen molar-refractivity contribution >= 4 is 16.8 Å². The third-order valence-electron chi connectivity index (χ3n) is 2.24. The molecule has 1 heterocycles. The molecular formula is C11H10N2O. The summed E-state index contributed by atoms with van der Waals surface area (Å²) in [5.74, 6) is -0.410. The number of benzene rings is 1. The lowest BCUT2D eigenvalue weighted by atomic mass is 10.0. The second kappa shape index (κ2) is 3.10. The van der Waals surface area contributed by atoms with E-state index >= 15 is 0 Å². The first kappa shape index (κ1) is 8.69. The first-order valence-electron chi connectivity index (χ1n) is 4.34. The van der Waals surface area contributed by atoms with E-state index in [0.717, 1.165) is 16.5 Å². The molecule has 0 aliphatic rings. The normalized spacial score (nSPS) is 10.4. The standard InChI is InChI=1S/C11H10N2O/c1-7-5-6-13-9-4-2-3-8(10(7)9)11(12)14/h2-6H,1H3,(H2,12,14). The van der Waals surface area contributed by atoms with Crippen molar-refractivity contribution in [1.29, 1.82) is 0 Å². The van der Waals surface area contributed by atoms with Gasteiger partial charge >= 0.3 is 0 Å². The number of nitrogens with two attached hydrogens (primary N) is 1. The maximum atomic E-state index is 11.2. The van der Waals surface area contributed by atoms with Gasteiger partial charge in [-0.25, -0.2) is 0 Å². The molecule has 0 aliphatic heterocycles. The van der Waals surface area contributed by atoms with Gasteiger partial charge in [-0.05, 0) is 30.7 Å². The number of fused-ring (bicyclic) bond motifs is 1. The maximum Gasteiger partial charge on any atom is 0.249 e. The highest BCUT2D eigenvalue weighted by Gasteiger charge is 2.08. The number of hydrogen-bond donors (Lipinski definition) is 1. The Bertz CT molecular complexity index is 500. The predicted molar refractivity (Wildman–Crippen MR) is 55.0 cm³/mol.